The Labute approximate surface area is 104 Å². The Morgan fingerprint density at radius 3 is 2.76 bits per heavy atom. The van der Waals surface area contributed by atoms with E-state index in [0.717, 1.165) is 10.6 Å². The molecule has 0 spiro atoms. The molecule has 88 valence electrons. The Bertz CT molecular complexity index is 476. The summed E-state index contributed by atoms with van der Waals surface area (Å²) in [7, 11) is 0. The smallest absolute Gasteiger partial charge is 0.123 e. The summed E-state index contributed by atoms with van der Waals surface area (Å²) in [5.41, 5.74) is 6.62. The van der Waals surface area contributed by atoms with E-state index in [1.165, 1.54) is 12.1 Å². The van der Waals surface area contributed by atoms with E-state index in [2.05, 4.69) is 4.98 Å². The Balaban J connectivity index is 2.17. The van der Waals surface area contributed by atoms with Gasteiger partial charge in [-0.3, -0.25) is 0 Å². The van der Waals surface area contributed by atoms with Gasteiger partial charge in [0.25, 0.3) is 0 Å². The minimum absolute atomic E-state index is 0.0283. The van der Waals surface area contributed by atoms with Crippen molar-refractivity contribution in [3.63, 3.8) is 0 Å². The van der Waals surface area contributed by atoms with Gasteiger partial charge in [-0.2, -0.15) is 0 Å². The maximum absolute atomic E-state index is 13.1. The Hall–Kier alpha value is -1.39. The number of rotatable bonds is 4. The zero-order chi connectivity index (χ0) is 12.1. The molecule has 17 heavy (non-hydrogen) atoms. The van der Waals surface area contributed by atoms with Crippen LogP contribution in [0, 0.1) is 5.82 Å². The molecular weight excluding hydrogens is 235 g/mol. The molecular formula is C13H13FN2S. The minimum atomic E-state index is -0.234. The third-order valence-corrected chi connectivity index (χ3v) is 3.57. The normalized spacial score (nSPS) is 12.4. The molecule has 1 unspecified atom stereocenters. The number of hydrogen-bond acceptors (Lipinski definition) is 3. The molecule has 0 radical (unpaired) electrons. The van der Waals surface area contributed by atoms with Crippen LogP contribution in [0.4, 0.5) is 4.39 Å². The lowest BCUT2D eigenvalue weighted by Gasteiger charge is -2.14. The first kappa shape index (κ1) is 12.1. The molecule has 0 saturated heterocycles. The van der Waals surface area contributed by atoms with Crippen LogP contribution in [0.2, 0.25) is 0 Å². The molecule has 2 nitrogen and oxygen atoms in total. The van der Waals surface area contributed by atoms with Crippen LogP contribution in [-0.4, -0.2) is 11.5 Å². The summed E-state index contributed by atoms with van der Waals surface area (Å²) in [6.07, 6.45) is 1.74. The van der Waals surface area contributed by atoms with Gasteiger partial charge in [0, 0.05) is 18.0 Å². The molecule has 0 bridgehead atoms. The number of halogens is 1. The number of nitrogens with zero attached hydrogens (tertiary/aromatic N) is 1. The maximum atomic E-state index is 13.1. The fraction of sp³-hybridized carbons (Fsp3) is 0.154. The van der Waals surface area contributed by atoms with Crippen LogP contribution in [0.25, 0.3) is 0 Å². The SMILES string of the molecule is NCC(Sc1ccccn1)c1cccc(F)c1. The van der Waals surface area contributed by atoms with E-state index in [4.69, 9.17) is 5.73 Å². The standard InChI is InChI=1S/C13H13FN2S/c14-11-5-3-4-10(8-11)12(9-15)17-13-6-1-2-7-16-13/h1-8,12H,9,15H2. The van der Waals surface area contributed by atoms with Gasteiger partial charge < -0.3 is 5.73 Å². The van der Waals surface area contributed by atoms with E-state index in [0.29, 0.717) is 6.54 Å². The molecule has 2 aromatic rings. The molecule has 4 heteroatoms. The summed E-state index contributed by atoms with van der Waals surface area (Å²) in [5, 5.41) is 0.924. The Morgan fingerprint density at radius 2 is 2.12 bits per heavy atom. The summed E-state index contributed by atoms with van der Waals surface area (Å²) >= 11 is 1.55. The molecule has 0 amide bonds. The van der Waals surface area contributed by atoms with E-state index in [9.17, 15) is 4.39 Å². The van der Waals surface area contributed by atoms with Crippen molar-refractivity contribution < 1.29 is 4.39 Å². The number of benzene rings is 1. The molecule has 1 aromatic heterocycles. The summed E-state index contributed by atoms with van der Waals surface area (Å²) in [6.45, 7) is 0.449. The Kier molecular flexibility index (Phi) is 4.12. The van der Waals surface area contributed by atoms with Gasteiger partial charge in [0.05, 0.1) is 5.03 Å². The van der Waals surface area contributed by atoms with E-state index in [-0.39, 0.29) is 11.1 Å². The molecule has 0 aliphatic heterocycles. The van der Waals surface area contributed by atoms with Gasteiger partial charge in [0.2, 0.25) is 0 Å². The van der Waals surface area contributed by atoms with E-state index in [1.807, 2.05) is 24.3 Å². The molecule has 0 aliphatic rings. The second kappa shape index (κ2) is 5.80. The van der Waals surface area contributed by atoms with Gasteiger partial charge in [-0.25, -0.2) is 9.37 Å². The molecule has 0 saturated carbocycles. The fourth-order valence-corrected chi connectivity index (χ4v) is 2.47. The number of thioether (sulfide) groups is 1. The van der Waals surface area contributed by atoms with Crippen LogP contribution in [0.15, 0.2) is 53.7 Å². The van der Waals surface area contributed by atoms with Crippen molar-refractivity contribution in [1.82, 2.24) is 4.98 Å². The lowest BCUT2D eigenvalue weighted by Crippen LogP contribution is -2.09. The van der Waals surface area contributed by atoms with Gasteiger partial charge in [-0.15, -0.1) is 0 Å². The van der Waals surface area contributed by atoms with E-state index < -0.39 is 0 Å². The van der Waals surface area contributed by atoms with Gasteiger partial charge in [-0.1, -0.05) is 30.0 Å². The van der Waals surface area contributed by atoms with Gasteiger partial charge in [0.15, 0.2) is 0 Å². The van der Waals surface area contributed by atoms with Gasteiger partial charge in [-0.05, 0) is 29.8 Å². The first-order valence-corrected chi connectivity index (χ1v) is 6.21. The van der Waals surface area contributed by atoms with Crippen LogP contribution in [-0.2, 0) is 0 Å². The number of aromatic nitrogens is 1. The maximum Gasteiger partial charge on any atom is 0.123 e. The van der Waals surface area contributed by atoms with Crippen LogP contribution < -0.4 is 5.73 Å². The second-order valence-corrected chi connectivity index (χ2v) is 4.79. The molecule has 1 heterocycles. The molecule has 0 aliphatic carbocycles. The highest BCUT2D eigenvalue weighted by Gasteiger charge is 2.12. The predicted molar refractivity (Wildman–Crippen MR) is 68.3 cm³/mol. The lowest BCUT2D eigenvalue weighted by atomic mass is 10.1. The van der Waals surface area contributed by atoms with E-state index in [1.54, 1.807) is 24.0 Å². The number of hydrogen-bond donors (Lipinski definition) is 1. The van der Waals surface area contributed by atoms with Crippen molar-refractivity contribution in [2.24, 2.45) is 5.73 Å². The van der Waals surface area contributed by atoms with Crippen LogP contribution >= 0.6 is 11.8 Å². The quantitative estimate of drug-likeness (QED) is 0.845. The zero-order valence-electron chi connectivity index (χ0n) is 9.21. The average Bonchev–Trinajstić information content (AvgIpc) is 2.37. The van der Waals surface area contributed by atoms with Crippen LogP contribution in [0.1, 0.15) is 10.8 Å². The number of nitrogens with two attached hydrogens (primary N) is 1. The highest BCUT2D eigenvalue weighted by atomic mass is 32.2. The van der Waals surface area contributed by atoms with Crippen LogP contribution in [0.5, 0.6) is 0 Å². The fourth-order valence-electron chi connectivity index (χ4n) is 1.52. The van der Waals surface area contributed by atoms with Crippen molar-refractivity contribution in [3.05, 3.63) is 60.0 Å². The summed E-state index contributed by atoms with van der Waals surface area (Å²) in [6, 6.07) is 12.3. The predicted octanol–water partition coefficient (Wildman–Crippen LogP) is 3.01. The lowest BCUT2D eigenvalue weighted by molar-refractivity contribution is 0.625. The largest absolute Gasteiger partial charge is 0.329 e. The molecule has 0 fully saturated rings. The number of pyridine rings is 1. The first-order chi connectivity index (χ1) is 8.29. The van der Waals surface area contributed by atoms with Crippen molar-refractivity contribution in [2.45, 2.75) is 10.3 Å². The average molecular weight is 248 g/mol. The first-order valence-electron chi connectivity index (χ1n) is 5.33. The van der Waals surface area contributed by atoms with Gasteiger partial charge in [0.1, 0.15) is 5.82 Å². The minimum Gasteiger partial charge on any atom is -0.329 e. The molecule has 1 atom stereocenters. The van der Waals surface area contributed by atoms with E-state index >= 15 is 0 Å². The summed E-state index contributed by atoms with van der Waals surface area (Å²) in [4.78, 5) is 4.23. The summed E-state index contributed by atoms with van der Waals surface area (Å²) < 4.78 is 13.1. The Morgan fingerprint density at radius 1 is 1.24 bits per heavy atom. The monoisotopic (exact) mass is 248 g/mol. The third kappa shape index (κ3) is 3.28. The van der Waals surface area contributed by atoms with Crippen molar-refractivity contribution in [2.75, 3.05) is 6.54 Å². The van der Waals surface area contributed by atoms with Crippen molar-refractivity contribution >= 4 is 11.8 Å². The second-order valence-electron chi connectivity index (χ2n) is 3.57. The highest BCUT2D eigenvalue weighted by Crippen LogP contribution is 2.33. The zero-order valence-corrected chi connectivity index (χ0v) is 10.0. The topological polar surface area (TPSA) is 38.9 Å². The highest BCUT2D eigenvalue weighted by molar-refractivity contribution is 7.99. The van der Waals surface area contributed by atoms with Gasteiger partial charge >= 0.3 is 0 Å². The third-order valence-electron chi connectivity index (χ3n) is 2.34. The van der Waals surface area contributed by atoms with Crippen molar-refractivity contribution in [1.29, 1.82) is 0 Å². The van der Waals surface area contributed by atoms with Crippen LogP contribution in [0.3, 0.4) is 0 Å². The molecule has 1 aromatic carbocycles. The molecule has 2 N–H and O–H groups in total. The molecule has 2 rings (SSSR count). The van der Waals surface area contributed by atoms with Crippen molar-refractivity contribution in [3.8, 4) is 0 Å². The summed E-state index contributed by atoms with van der Waals surface area (Å²) in [5.74, 6) is -0.234.